The van der Waals surface area contributed by atoms with Crippen molar-refractivity contribution in [2.75, 3.05) is 192 Å². The smallest absolute Gasteiger partial charge is 0.246 e. The van der Waals surface area contributed by atoms with Crippen molar-refractivity contribution < 1.29 is 97.1 Å². The van der Waals surface area contributed by atoms with Crippen LogP contribution in [0.2, 0.25) is 0 Å². The molecule has 0 fully saturated rings. The molecule has 0 saturated carbocycles. The molecule has 0 aromatic carbocycles. The van der Waals surface area contributed by atoms with Crippen LogP contribution in [0.25, 0.3) is 0 Å². The van der Waals surface area contributed by atoms with Crippen molar-refractivity contribution in [1.82, 2.24) is 10.6 Å². The molecular formula is C41H80N2O20. The van der Waals surface area contributed by atoms with Gasteiger partial charge in [-0.2, -0.15) is 0 Å². The molecule has 0 aliphatic carbocycles. The fourth-order valence-corrected chi connectivity index (χ4v) is 5.72. The Morgan fingerprint density at radius 3 is 1.24 bits per heavy atom. The van der Waals surface area contributed by atoms with Gasteiger partial charge in [-0.15, -0.1) is 0 Å². The zero-order valence-electron chi connectivity index (χ0n) is 37.5. The number of carbonyl (C=O) groups is 3. The normalized spacial score (nSPS) is 12.5. The van der Waals surface area contributed by atoms with Gasteiger partial charge in [0.1, 0.15) is 19.3 Å². The Morgan fingerprint density at radius 2 is 0.841 bits per heavy atom. The Hall–Kier alpha value is -2.07. The molecule has 0 spiro atoms. The SMILES string of the molecule is CCOCCNC(=O)C(CCCCCC(=O)COCCOCC(COCCO)(COCCO)COCCO)NC(=O)COCCOCC(COCCO)(COCCO)COCCO. The molecule has 374 valence electrons. The molecule has 0 aromatic heterocycles. The summed E-state index contributed by atoms with van der Waals surface area (Å²) in [5.41, 5.74) is -1.57. The molecule has 0 heterocycles. The van der Waals surface area contributed by atoms with Crippen LogP contribution in [0.5, 0.6) is 0 Å². The van der Waals surface area contributed by atoms with Crippen LogP contribution in [-0.4, -0.2) is 246 Å². The summed E-state index contributed by atoms with van der Waals surface area (Å²) in [6.07, 6.45) is 2.34. The van der Waals surface area contributed by atoms with Crippen molar-refractivity contribution in [3.8, 4) is 0 Å². The number of rotatable bonds is 50. The molecule has 0 aromatic rings. The number of nitrogens with one attached hydrogen (secondary N) is 2. The number of aliphatic hydroxyl groups is 6. The predicted molar refractivity (Wildman–Crippen MR) is 225 cm³/mol. The lowest BCUT2D eigenvalue weighted by Crippen LogP contribution is -2.48. The highest BCUT2D eigenvalue weighted by molar-refractivity contribution is 5.88. The molecule has 22 nitrogen and oxygen atoms in total. The topological polar surface area (TPSA) is 298 Å². The molecule has 0 radical (unpaired) electrons. The maximum atomic E-state index is 13.0. The minimum absolute atomic E-state index is 0.0529. The lowest BCUT2D eigenvalue weighted by atomic mass is 9.92. The van der Waals surface area contributed by atoms with Gasteiger partial charge < -0.3 is 93.4 Å². The number of aliphatic hydroxyl groups excluding tert-OH is 6. The first-order chi connectivity index (χ1) is 30.7. The second-order valence-corrected chi connectivity index (χ2v) is 14.6. The quantitative estimate of drug-likeness (QED) is 0.0287. The minimum Gasteiger partial charge on any atom is -0.394 e. The van der Waals surface area contributed by atoms with Gasteiger partial charge in [0.2, 0.25) is 11.8 Å². The Kier molecular flexibility index (Phi) is 42.4. The van der Waals surface area contributed by atoms with E-state index < -0.39 is 22.8 Å². The van der Waals surface area contributed by atoms with Crippen molar-refractivity contribution in [3.63, 3.8) is 0 Å². The molecule has 8 N–H and O–H groups in total. The summed E-state index contributed by atoms with van der Waals surface area (Å²) in [6.45, 7) is 3.52. The highest BCUT2D eigenvalue weighted by Crippen LogP contribution is 2.22. The number of Topliss-reactive ketones (excluding diaryl/α,β-unsaturated/α-hetero) is 1. The third kappa shape index (κ3) is 34.9. The summed E-state index contributed by atoms with van der Waals surface area (Å²) in [5.74, 6) is -0.958. The molecule has 2 amide bonds. The molecule has 1 unspecified atom stereocenters. The Balaban J connectivity index is 4.85. The van der Waals surface area contributed by atoms with E-state index in [4.69, 9.17) is 82.7 Å². The minimum atomic E-state index is -0.835. The largest absolute Gasteiger partial charge is 0.394 e. The van der Waals surface area contributed by atoms with E-state index in [1.165, 1.54) is 0 Å². The fourth-order valence-electron chi connectivity index (χ4n) is 5.72. The van der Waals surface area contributed by atoms with Crippen molar-refractivity contribution in [2.24, 2.45) is 10.8 Å². The maximum Gasteiger partial charge on any atom is 0.246 e. The molecule has 1 atom stereocenters. The Bertz CT molecular complexity index is 1010. The first kappa shape index (κ1) is 60.9. The van der Waals surface area contributed by atoms with Crippen LogP contribution >= 0.6 is 0 Å². The molecule has 0 aliphatic heterocycles. The number of hydrogen-bond acceptors (Lipinski definition) is 20. The molecule has 0 aliphatic rings. The van der Waals surface area contributed by atoms with Gasteiger partial charge in [0, 0.05) is 19.6 Å². The van der Waals surface area contributed by atoms with Gasteiger partial charge in [0.15, 0.2) is 5.78 Å². The standard InChI is InChI=1S/C41H80N2O20/c1-2-53-15-8-42-39(52)37(43-38(51)27-55-23-25-63-35-41(31-59-19-12-47,32-60-20-13-48)33-61-21-14-49)7-5-3-4-6-36(50)26-54-22-24-62-34-40(28-56-16-9-44,29-57-17-10-45)30-58-18-11-46/h37,44-49H,2-35H2,1H3,(H,42,52)(H,43,51). The van der Waals surface area contributed by atoms with Crippen LogP contribution in [0, 0.1) is 10.8 Å². The van der Waals surface area contributed by atoms with Crippen molar-refractivity contribution >= 4 is 17.6 Å². The van der Waals surface area contributed by atoms with Gasteiger partial charge >= 0.3 is 0 Å². The van der Waals surface area contributed by atoms with Crippen molar-refractivity contribution in [2.45, 2.75) is 45.1 Å². The van der Waals surface area contributed by atoms with E-state index in [-0.39, 0.29) is 196 Å². The fraction of sp³-hybridized carbons (Fsp3) is 0.927. The average molecular weight is 921 g/mol. The van der Waals surface area contributed by atoms with Crippen LogP contribution in [0.3, 0.4) is 0 Å². The molecule has 22 heteroatoms. The van der Waals surface area contributed by atoms with E-state index in [9.17, 15) is 14.4 Å². The summed E-state index contributed by atoms with van der Waals surface area (Å²) in [6, 6.07) is -0.835. The highest BCUT2D eigenvalue weighted by atomic mass is 16.6. The first-order valence-electron chi connectivity index (χ1n) is 21.8. The van der Waals surface area contributed by atoms with Crippen LogP contribution in [0.15, 0.2) is 0 Å². The van der Waals surface area contributed by atoms with Gasteiger partial charge in [-0.25, -0.2) is 0 Å². The van der Waals surface area contributed by atoms with Crippen LogP contribution in [-0.2, 0) is 66.5 Å². The zero-order valence-corrected chi connectivity index (χ0v) is 37.5. The first-order valence-corrected chi connectivity index (χ1v) is 21.8. The molecule has 0 rings (SSSR count). The summed E-state index contributed by atoms with van der Waals surface area (Å²) < 4.78 is 61.2. The van der Waals surface area contributed by atoms with Crippen LogP contribution < -0.4 is 10.6 Å². The number of ketones is 1. The van der Waals surface area contributed by atoms with Gasteiger partial charge in [-0.1, -0.05) is 12.8 Å². The third-order valence-corrected chi connectivity index (χ3v) is 8.77. The lowest BCUT2D eigenvalue weighted by Gasteiger charge is -2.32. The van der Waals surface area contributed by atoms with E-state index in [0.717, 1.165) is 0 Å². The average Bonchev–Trinajstić information content (AvgIpc) is 3.27. The second kappa shape index (κ2) is 43.8. The lowest BCUT2D eigenvalue weighted by molar-refractivity contribution is -0.133. The molecular weight excluding hydrogens is 840 g/mol. The number of unbranched alkanes of at least 4 members (excludes halogenated alkanes) is 2. The van der Waals surface area contributed by atoms with E-state index in [1.54, 1.807) is 0 Å². The predicted octanol–water partition coefficient (Wildman–Crippen LogP) is -2.76. The molecule has 63 heavy (non-hydrogen) atoms. The molecule has 0 saturated heterocycles. The number of hydrogen-bond donors (Lipinski definition) is 8. The maximum absolute atomic E-state index is 13.0. The Labute approximate surface area is 372 Å². The van der Waals surface area contributed by atoms with Gasteiger partial charge in [0.25, 0.3) is 0 Å². The van der Waals surface area contributed by atoms with Crippen molar-refractivity contribution in [1.29, 1.82) is 0 Å². The summed E-state index contributed by atoms with van der Waals surface area (Å²) >= 11 is 0. The van der Waals surface area contributed by atoms with E-state index >= 15 is 0 Å². The van der Waals surface area contributed by atoms with Gasteiger partial charge in [0.05, 0.1) is 176 Å². The van der Waals surface area contributed by atoms with E-state index in [1.807, 2.05) is 6.92 Å². The summed E-state index contributed by atoms with van der Waals surface area (Å²) in [4.78, 5) is 38.3. The highest BCUT2D eigenvalue weighted by Gasteiger charge is 2.34. The number of ether oxygens (including phenoxy) is 11. The molecule has 0 bridgehead atoms. The zero-order chi connectivity index (χ0) is 46.5. The van der Waals surface area contributed by atoms with Gasteiger partial charge in [-0.05, 0) is 19.8 Å². The summed E-state index contributed by atoms with van der Waals surface area (Å²) in [7, 11) is 0. The monoisotopic (exact) mass is 921 g/mol. The van der Waals surface area contributed by atoms with Crippen LogP contribution in [0.4, 0.5) is 0 Å². The summed E-state index contributed by atoms with van der Waals surface area (Å²) in [5, 5.41) is 60.3. The third-order valence-electron chi connectivity index (χ3n) is 8.77. The Morgan fingerprint density at radius 1 is 0.460 bits per heavy atom. The van der Waals surface area contributed by atoms with Crippen molar-refractivity contribution in [3.05, 3.63) is 0 Å². The van der Waals surface area contributed by atoms with Crippen LogP contribution in [0.1, 0.15) is 39.0 Å². The van der Waals surface area contributed by atoms with E-state index in [0.29, 0.717) is 38.9 Å². The van der Waals surface area contributed by atoms with Gasteiger partial charge in [-0.3, -0.25) is 14.4 Å². The second-order valence-electron chi connectivity index (χ2n) is 14.6. The number of carbonyl (C=O) groups excluding carboxylic acids is 3. The van der Waals surface area contributed by atoms with E-state index in [2.05, 4.69) is 10.6 Å². The number of amides is 2.